The molecule has 1 saturated carbocycles. The van der Waals surface area contributed by atoms with Gasteiger partial charge in [0.2, 0.25) is 0 Å². The SMILES string of the molecule is CC(C)(C)c1ccccc1OC[C@H](O)CN1C(=O)N[C@](C)(C2CC2)C1=O. The van der Waals surface area contributed by atoms with Crippen LogP contribution in [-0.2, 0) is 10.2 Å². The molecule has 0 aromatic heterocycles. The van der Waals surface area contributed by atoms with Gasteiger partial charge in [-0.1, -0.05) is 39.0 Å². The fourth-order valence-corrected chi connectivity index (χ4v) is 3.48. The maximum absolute atomic E-state index is 12.6. The molecule has 0 radical (unpaired) electrons. The van der Waals surface area contributed by atoms with Crippen molar-refractivity contribution in [1.82, 2.24) is 10.2 Å². The molecule has 2 fully saturated rings. The molecule has 0 unspecified atom stereocenters. The lowest BCUT2D eigenvalue weighted by molar-refractivity contribution is -0.132. The second-order valence-electron chi connectivity index (χ2n) is 8.53. The Labute approximate surface area is 154 Å². The van der Waals surface area contributed by atoms with Crippen LogP contribution in [0.25, 0.3) is 0 Å². The van der Waals surface area contributed by atoms with Crippen molar-refractivity contribution in [3.05, 3.63) is 29.8 Å². The Morgan fingerprint density at radius 2 is 1.96 bits per heavy atom. The van der Waals surface area contributed by atoms with Gasteiger partial charge in [-0.25, -0.2) is 4.79 Å². The summed E-state index contributed by atoms with van der Waals surface area (Å²) < 4.78 is 5.80. The normalized spacial score (nSPS) is 24.6. The number of imide groups is 1. The Kier molecular flexibility index (Phi) is 4.73. The molecule has 26 heavy (non-hydrogen) atoms. The number of hydrogen-bond acceptors (Lipinski definition) is 4. The van der Waals surface area contributed by atoms with Crippen LogP contribution in [0.2, 0.25) is 0 Å². The molecule has 142 valence electrons. The predicted octanol–water partition coefficient (Wildman–Crippen LogP) is 2.44. The maximum atomic E-state index is 12.6. The summed E-state index contributed by atoms with van der Waals surface area (Å²) in [5.41, 5.74) is 0.137. The van der Waals surface area contributed by atoms with Crippen molar-refractivity contribution in [3.8, 4) is 5.75 Å². The number of β-amino-alcohol motifs (C(OH)–C–C–N with tert-alkyl or cyclic N) is 1. The zero-order valence-electron chi connectivity index (χ0n) is 15.9. The lowest BCUT2D eigenvalue weighted by atomic mass is 9.86. The second kappa shape index (κ2) is 6.58. The van der Waals surface area contributed by atoms with E-state index in [4.69, 9.17) is 4.74 Å². The summed E-state index contributed by atoms with van der Waals surface area (Å²) in [5, 5.41) is 13.1. The van der Waals surface area contributed by atoms with Crippen molar-refractivity contribution in [3.63, 3.8) is 0 Å². The number of aliphatic hydroxyl groups is 1. The number of carbonyl (C=O) groups is 2. The van der Waals surface area contributed by atoms with Gasteiger partial charge in [0.25, 0.3) is 5.91 Å². The van der Waals surface area contributed by atoms with E-state index in [1.165, 1.54) is 0 Å². The van der Waals surface area contributed by atoms with Crippen LogP contribution in [0.15, 0.2) is 24.3 Å². The average molecular weight is 360 g/mol. The van der Waals surface area contributed by atoms with Crippen molar-refractivity contribution in [2.45, 2.75) is 57.6 Å². The van der Waals surface area contributed by atoms with Crippen LogP contribution in [0.4, 0.5) is 4.79 Å². The summed E-state index contributed by atoms with van der Waals surface area (Å²) in [4.78, 5) is 25.9. The van der Waals surface area contributed by atoms with E-state index in [0.717, 1.165) is 23.3 Å². The molecule has 1 aliphatic carbocycles. The van der Waals surface area contributed by atoms with E-state index in [0.29, 0.717) is 5.75 Å². The highest BCUT2D eigenvalue weighted by Gasteiger charge is 2.56. The van der Waals surface area contributed by atoms with Gasteiger partial charge in [0.05, 0.1) is 6.54 Å². The van der Waals surface area contributed by atoms with E-state index in [1.807, 2.05) is 24.3 Å². The summed E-state index contributed by atoms with van der Waals surface area (Å²) in [5.74, 6) is 0.661. The summed E-state index contributed by atoms with van der Waals surface area (Å²) in [6.45, 7) is 8.01. The standard InChI is InChI=1S/C20H28N2O4/c1-19(2,3)15-7-5-6-8-16(15)26-12-14(23)11-22-17(24)20(4,13-9-10-13)21-18(22)25/h5-8,13-14,23H,9-12H2,1-4H3,(H,21,25)/t14-,20-/m1/s1. The highest BCUT2D eigenvalue weighted by atomic mass is 16.5. The second-order valence-corrected chi connectivity index (χ2v) is 8.53. The quantitative estimate of drug-likeness (QED) is 0.764. The van der Waals surface area contributed by atoms with Crippen LogP contribution >= 0.6 is 0 Å². The number of aliphatic hydroxyl groups excluding tert-OH is 1. The monoisotopic (exact) mass is 360 g/mol. The number of ether oxygens (including phenoxy) is 1. The molecule has 0 spiro atoms. The molecule has 2 atom stereocenters. The number of hydrogen-bond donors (Lipinski definition) is 2. The largest absolute Gasteiger partial charge is 0.491 e. The molecule has 1 aromatic carbocycles. The number of carbonyl (C=O) groups excluding carboxylic acids is 2. The maximum Gasteiger partial charge on any atom is 0.325 e. The van der Waals surface area contributed by atoms with Gasteiger partial charge < -0.3 is 15.2 Å². The minimum absolute atomic E-state index is 0.0182. The lowest BCUT2D eigenvalue weighted by Gasteiger charge is -2.24. The number of para-hydroxylation sites is 1. The number of nitrogens with one attached hydrogen (secondary N) is 1. The van der Waals surface area contributed by atoms with Crippen LogP contribution < -0.4 is 10.1 Å². The molecule has 2 aliphatic rings. The van der Waals surface area contributed by atoms with Crippen molar-refractivity contribution in [2.24, 2.45) is 5.92 Å². The van der Waals surface area contributed by atoms with E-state index < -0.39 is 17.7 Å². The third-order valence-electron chi connectivity index (χ3n) is 5.21. The van der Waals surface area contributed by atoms with Gasteiger partial charge in [0.1, 0.15) is 24.0 Å². The first-order valence-electron chi connectivity index (χ1n) is 9.17. The molecular formula is C20H28N2O4. The molecule has 6 nitrogen and oxygen atoms in total. The fourth-order valence-electron chi connectivity index (χ4n) is 3.48. The Morgan fingerprint density at radius 1 is 1.31 bits per heavy atom. The van der Waals surface area contributed by atoms with E-state index in [2.05, 4.69) is 26.1 Å². The average Bonchev–Trinajstić information content (AvgIpc) is 3.39. The van der Waals surface area contributed by atoms with Gasteiger partial charge in [-0.2, -0.15) is 0 Å². The number of benzene rings is 1. The topological polar surface area (TPSA) is 78.9 Å². The number of urea groups is 1. The van der Waals surface area contributed by atoms with E-state index in [-0.39, 0.29) is 30.4 Å². The van der Waals surface area contributed by atoms with Gasteiger partial charge in [-0.15, -0.1) is 0 Å². The highest BCUT2D eigenvalue weighted by Crippen LogP contribution is 2.42. The molecule has 3 amide bonds. The van der Waals surface area contributed by atoms with E-state index in [1.54, 1.807) is 6.92 Å². The summed E-state index contributed by atoms with van der Waals surface area (Å²) in [6, 6.07) is 7.27. The first-order valence-corrected chi connectivity index (χ1v) is 9.17. The Bertz CT molecular complexity index is 708. The summed E-state index contributed by atoms with van der Waals surface area (Å²) >= 11 is 0. The minimum Gasteiger partial charge on any atom is -0.491 e. The van der Waals surface area contributed by atoms with Crippen LogP contribution in [0.5, 0.6) is 5.75 Å². The summed E-state index contributed by atoms with van der Waals surface area (Å²) in [6.07, 6.45) is 0.955. The highest BCUT2D eigenvalue weighted by molar-refractivity contribution is 6.07. The first kappa shape index (κ1) is 18.7. The molecule has 3 rings (SSSR count). The van der Waals surface area contributed by atoms with E-state index in [9.17, 15) is 14.7 Å². The molecule has 2 N–H and O–H groups in total. The van der Waals surface area contributed by atoms with Crippen LogP contribution in [0, 0.1) is 5.92 Å². The minimum atomic E-state index is -0.945. The molecule has 0 bridgehead atoms. The molecule has 1 aromatic rings. The Hall–Kier alpha value is -2.08. The molecular weight excluding hydrogens is 332 g/mol. The van der Waals surface area contributed by atoms with Crippen LogP contribution in [0.3, 0.4) is 0 Å². The Balaban J connectivity index is 1.61. The van der Waals surface area contributed by atoms with Gasteiger partial charge >= 0.3 is 6.03 Å². The van der Waals surface area contributed by atoms with Gasteiger partial charge in [0, 0.05) is 0 Å². The Morgan fingerprint density at radius 3 is 2.58 bits per heavy atom. The first-order chi connectivity index (χ1) is 12.1. The smallest absolute Gasteiger partial charge is 0.325 e. The van der Waals surface area contributed by atoms with Crippen LogP contribution in [-0.4, -0.2) is 46.7 Å². The zero-order chi connectivity index (χ0) is 19.1. The zero-order valence-corrected chi connectivity index (χ0v) is 15.9. The van der Waals surface area contributed by atoms with Crippen molar-refractivity contribution < 1.29 is 19.4 Å². The van der Waals surface area contributed by atoms with Crippen molar-refractivity contribution in [1.29, 1.82) is 0 Å². The van der Waals surface area contributed by atoms with Crippen LogP contribution in [0.1, 0.15) is 46.1 Å². The van der Waals surface area contributed by atoms with E-state index >= 15 is 0 Å². The third-order valence-corrected chi connectivity index (χ3v) is 5.21. The third kappa shape index (κ3) is 3.56. The number of rotatable bonds is 6. The fraction of sp³-hybridized carbons (Fsp3) is 0.600. The lowest BCUT2D eigenvalue weighted by Crippen LogP contribution is -2.46. The van der Waals surface area contributed by atoms with Gasteiger partial charge in [-0.05, 0) is 42.7 Å². The summed E-state index contributed by atoms with van der Waals surface area (Å²) in [7, 11) is 0. The van der Waals surface area contributed by atoms with Crippen molar-refractivity contribution >= 4 is 11.9 Å². The van der Waals surface area contributed by atoms with Gasteiger partial charge in [0.15, 0.2) is 0 Å². The number of amides is 3. The van der Waals surface area contributed by atoms with Gasteiger partial charge in [-0.3, -0.25) is 9.69 Å². The van der Waals surface area contributed by atoms with Crippen molar-refractivity contribution in [2.75, 3.05) is 13.2 Å². The molecule has 1 aliphatic heterocycles. The molecule has 1 saturated heterocycles. The molecule has 6 heteroatoms. The molecule has 1 heterocycles. The number of nitrogens with zero attached hydrogens (tertiary/aromatic N) is 1. The predicted molar refractivity (Wildman–Crippen MR) is 98.0 cm³/mol.